The number of halogens is 1. The van der Waals surface area contributed by atoms with Crippen LogP contribution in [0.5, 0.6) is 0 Å². The molecule has 0 bridgehead atoms. The summed E-state index contributed by atoms with van der Waals surface area (Å²) >= 11 is 9.11. The van der Waals surface area contributed by atoms with Crippen LogP contribution < -0.4 is 5.73 Å². The van der Waals surface area contributed by atoms with Crippen molar-refractivity contribution < 1.29 is 4.42 Å². The predicted octanol–water partition coefficient (Wildman–Crippen LogP) is 4.93. The van der Waals surface area contributed by atoms with Crippen molar-refractivity contribution in [1.29, 1.82) is 0 Å². The molecular formula is C14H11ClN2OS2. The third kappa shape index (κ3) is 3.00. The largest absolute Gasteiger partial charge is 0.444 e. The summed E-state index contributed by atoms with van der Waals surface area (Å²) in [5.41, 5.74) is 7.50. The highest BCUT2D eigenvalue weighted by Crippen LogP contribution is 2.31. The van der Waals surface area contributed by atoms with Crippen LogP contribution in [-0.4, -0.2) is 4.98 Å². The number of anilines is 1. The second-order valence-electron chi connectivity index (χ2n) is 4.09. The zero-order valence-corrected chi connectivity index (χ0v) is 12.8. The van der Waals surface area contributed by atoms with E-state index in [1.165, 1.54) is 0 Å². The molecule has 1 aromatic carbocycles. The van der Waals surface area contributed by atoms with Gasteiger partial charge in [-0.15, -0.1) is 23.1 Å². The molecular weight excluding hydrogens is 312 g/mol. The van der Waals surface area contributed by atoms with Gasteiger partial charge < -0.3 is 10.2 Å². The molecule has 0 unspecified atom stereocenters. The van der Waals surface area contributed by atoms with Crippen molar-refractivity contribution in [3.05, 3.63) is 52.7 Å². The van der Waals surface area contributed by atoms with Gasteiger partial charge in [0.1, 0.15) is 6.26 Å². The van der Waals surface area contributed by atoms with Crippen LogP contribution in [0.15, 0.2) is 51.3 Å². The SMILES string of the molecule is Nc1cc(Cl)ccc1SCc1coc(-c2cccs2)n1. The smallest absolute Gasteiger partial charge is 0.236 e. The molecule has 3 rings (SSSR count). The molecule has 102 valence electrons. The maximum atomic E-state index is 5.92. The first kappa shape index (κ1) is 13.5. The molecule has 0 saturated carbocycles. The third-order valence-electron chi connectivity index (χ3n) is 2.63. The van der Waals surface area contributed by atoms with Crippen molar-refractivity contribution in [2.45, 2.75) is 10.6 Å². The van der Waals surface area contributed by atoms with Gasteiger partial charge in [-0.25, -0.2) is 4.98 Å². The summed E-state index contributed by atoms with van der Waals surface area (Å²) in [5.74, 6) is 1.38. The zero-order chi connectivity index (χ0) is 13.9. The van der Waals surface area contributed by atoms with Gasteiger partial charge in [-0.1, -0.05) is 17.7 Å². The number of benzene rings is 1. The summed E-state index contributed by atoms with van der Waals surface area (Å²) in [6.07, 6.45) is 1.69. The maximum absolute atomic E-state index is 5.92. The van der Waals surface area contributed by atoms with E-state index >= 15 is 0 Å². The number of thioether (sulfide) groups is 1. The molecule has 2 heterocycles. The molecule has 0 amide bonds. The minimum atomic E-state index is 0.647. The number of nitrogens with two attached hydrogens (primary N) is 1. The summed E-state index contributed by atoms with van der Waals surface area (Å²) in [5, 5.41) is 2.65. The number of hydrogen-bond acceptors (Lipinski definition) is 5. The topological polar surface area (TPSA) is 52.0 Å². The van der Waals surface area contributed by atoms with Gasteiger partial charge in [0.2, 0.25) is 5.89 Å². The number of nitrogen functional groups attached to an aromatic ring is 1. The van der Waals surface area contributed by atoms with Crippen LogP contribution in [0.2, 0.25) is 5.02 Å². The van der Waals surface area contributed by atoms with Gasteiger partial charge in [0.25, 0.3) is 0 Å². The summed E-state index contributed by atoms with van der Waals surface area (Å²) in [7, 11) is 0. The Morgan fingerprint density at radius 3 is 3.00 bits per heavy atom. The van der Waals surface area contributed by atoms with Gasteiger partial charge >= 0.3 is 0 Å². The van der Waals surface area contributed by atoms with Crippen LogP contribution >= 0.6 is 34.7 Å². The minimum Gasteiger partial charge on any atom is -0.444 e. The molecule has 0 spiro atoms. The summed E-state index contributed by atoms with van der Waals surface area (Å²) in [4.78, 5) is 6.50. The molecule has 0 saturated heterocycles. The molecule has 3 aromatic rings. The Labute approximate surface area is 129 Å². The van der Waals surface area contributed by atoms with Gasteiger partial charge in [0, 0.05) is 21.4 Å². The summed E-state index contributed by atoms with van der Waals surface area (Å²) in [6, 6.07) is 9.48. The summed E-state index contributed by atoms with van der Waals surface area (Å²) < 4.78 is 5.48. The Bertz CT molecular complexity index is 710. The number of nitrogens with zero attached hydrogens (tertiary/aromatic N) is 1. The van der Waals surface area contributed by atoms with Crippen molar-refractivity contribution in [2.75, 3.05) is 5.73 Å². The number of thiophene rings is 1. The molecule has 2 aromatic heterocycles. The van der Waals surface area contributed by atoms with E-state index in [0.29, 0.717) is 22.4 Å². The molecule has 0 atom stereocenters. The second kappa shape index (κ2) is 5.91. The fraction of sp³-hybridized carbons (Fsp3) is 0.0714. The van der Waals surface area contributed by atoms with Crippen molar-refractivity contribution >= 4 is 40.4 Å². The number of hydrogen-bond donors (Lipinski definition) is 1. The number of aromatic nitrogens is 1. The predicted molar refractivity (Wildman–Crippen MR) is 85.2 cm³/mol. The van der Waals surface area contributed by atoms with Crippen molar-refractivity contribution in [2.24, 2.45) is 0 Å². The van der Waals surface area contributed by atoms with Crippen LogP contribution in [0.3, 0.4) is 0 Å². The quantitative estimate of drug-likeness (QED) is 0.546. The van der Waals surface area contributed by atoms with Crippen LogP contribution in [0.25, 0.3) is 10.8 Å². The van der Waals surface area contributed by atoms with Gasteiger partial charge in [0.05, 0.1) is 10.6 Å². The minimum absolute atomic E-state index is 0.647. The Hall–Kier alpha value is -1.43. The maximum Gasteiger partial charge on any atom is 0.236 e. The average Bonchev–Trinajstić information content (AvgIpc) is 3.08. The highest BCUT2D eigenvalue weighted by atomic mass is 35.5. The van der Waals surface area contributed by atoms with E-state index in [0.717, 1.165) is 15.5 Å². The monoisotopic (exact) mass is 322 g/mol. The Morgan fingerprint density at radius 1 is 1.35 bits per heavy atom. The normalized spacial score (nSPS) is 10.8. The van der Waals surface area contributed by atoms with Crippen molar-refractivity contribution in [3.63, 3.8) is 0 Å². The third-order valence-corrected chi connectivity index (χ3v) is 4.85. The lowest BCUT2D eigenvalue weighted by molar-refractivity contribution is 0.575. The highest BCUT2D eigenvalue weighted by molar-refractivity contribution is 7.98. The average molecular weight is 323 g/mol. The van der Waals surface area contributed by atoms with Gasteiger partial charge in [-0.05, 0) is 29.6 Å². The Kier molecular flexibility index (Phi) is 4.00. The van der Waals surface area contributed by atoms with Crippen LogP contribution in [-0.2, 0) is 5.75 Å². The lowest BCUT2D eigenvalue weighted by Gasteiger charge is -2.03. The first-order chi connectivity index (χ1) is 9.72. The van der Waals surface area contributed by atoms with Crippen LogP contribution in [0, 0.1) is 0 Å². The van der Waals surface area contributed by atoms with E-state index in [2.05, 4.69) is 4.98 Å². The van der Waals surface area contributed by atoms with Gasteiger partial charge in [-0.3, -0.25) is 0 Å². The molecule has 0 aliphatic rings. The van der Waals surface area contributed by atoms with Crippen molar-refractivity contribution in [1.82, 2.24) is 4.98 Å². The van der Waals surface area contributed by atoms with Crippen LogP contribution in [0.4, 0.5) is 5.69 Å². The molecule has 0 radical (unpaired) electrons. The molecule has 0 aliphatic heterocycles. The lowest BCUT2D eigenvalue weighted by Crippen LogP contribution is -1.89. The van der Waals surface area contributed by atoms with E-state index in [1.807, 2.05) is 29.6 Å². The summed E-state index contributed by atoms with van der Waals surface area (Å²) in [6.45, 7) is 0. The second-order valence-corrected chi connectivity index (χ2v) is 6.49. The van der Waals surface area contributed by atoms with E-state index < -0.39 is 0 Å². The van der Waals surface area contributed by atoms with E-state index in [1.54, 1.807) is 35.4 Å². The van der Waals surface area contributed by atoms with Crippen molar-refractivity contribution in [3.8, 4) is 10.8 Å². The molecule has 0 aliphatic carbocycles. The fourth-order valence-corrected chi connectivity index (χ4v) is 3.35. The van der Waals surface area contributed by atoms with E-state index in [-0.39, 0.29) is 0 Å². The highest BCUT2D eigenvalue weighted by Gasteiger charge is 2.08. The number of rotatable bonds is 4. The van der Waals surface area contributed by atoms with Gasteiger partial charge in [-0.2, -0.15) is 0 Å². The van der Waals surface area contributed by atoms with E-state index in [4.69, 9.17) is 21.8 Å². The standard InChI is InChI=1S/C14H11ClN2OS2/c15-9-3-4-12(11(16)6-9)20-8-10-7-18-14(17-10)13-2-1-5-19-13/h1-7H,8,16H2. The molecule has 6 heteroatoms. The number of oxazole rings is 1. The molecule has 20 heavy (non-hydrogen) atoms. The first-order valence-electron chi connectivity index (χ1n) is 5.88. The van der Waals surface area contributed by atoms with E-state index in [9.17, 15) is 0 Å². The zero-order valence-electron chi connectivity index (χ0n) is 10.4. The van der Waals surface area contributed by atoms with Crippen LogP contribution in [0.1, 0.15) is 5.69 Å². The fourth-order valence-electron chi connectivity index (χ4n) is 1.69. The first-order valence-corrected chi connectivity index (χ1v) is 8.13. The molecule has 2 N–H and O–H groups in total. The molecule has 0 fully saturated rings. The lowest BCUT2D eigenvalue weighted by atomic mass is 10.3. The Balaban J connectivity index is 1.70. The Morgan fingerprint density at radius 2 is 2.25 bits per heavy atom. The van der Waals surface area contributed by atoms with Gasteiger partial charge in [0.15, 0.2) is 0 Å². The molecule has 3 nitrogen and oxygen atoms in total.